The zero-order valence-corrected chi connectivity index (χ0v) is 9.08. The molecule has 0 saturated heterocycles. The van der Waals surface area contributed by atoms with Gasteiger partial charge in [0.15, 0.2) is 0 Å². The quantitative estimate of drug-likeness (QED) is 0.468. The lowest BCUT2D eigenvalue weighted by atomic mass is 9.71. The van der Waals surface area contributed by atoms with Gasteiger partial charge in [0.1, 0.15) is 7.85 Å². The summed E-state index contributed by atoms with van der Waals surface area (Å²) in [4.78, 5) is 0. The van der Waals surface area contributed by atoms with Crippen molar-refractivity contribution in [1.29, 1.82) is 0 Å². The van der Waals surface area contributed by atoms with Crippen LogP contribution in [-0.2, 0) is 0 Å². The third-order valence-electron chi connectivity index (χ3n) is 1.83. The average molecular weight is 152 g/mol. The van der Waals surface area contributed by atoms with Gasteiger partial charge in [-0.05, 0) is 10.8 Å². The van der Waals surface area contributed by atoms with Crippen LogP contribution in [0, 0.1) is 10.8 Å². The Morgan fingerprint density at radius 3 is 1.45 bits per heavy atom. The van der Waals surface area contributed by atoms with E-state index in [1.54, 1.807) is 0 Å². The molecule has 11 heavy (non-hydrogen) atoms. The molecule has 0 atom stereocenters. The third-order valence-corrected chi connectivity index (χ3v) is 1.83. The predicted octanol–water partition coefficient (Wildman–Crippen LogP) is 2.60. The smallest absolute Gasteiger partial charge is 0.108 e. The average Bonchev–Trinajstić information content (AvgIpc) is 1.56. The van der Waals surface area contributed by atoms with E-state index in [-0.39, 0.29) is 0 Å². The lowest BCUT2D eigenvalue weighted by Crippen LogP contribution is -2.13. The first-order valence-corrected chi connectivity index (χ1v) is 4.33. The third kappa shape index (κ3) is 5.12. The maximum atomic E-state index is 2.35. The highest BCUT2D eigenvalue weighted by atomic mass is 14.2. The van der Waals surface area contributed by atoms with Crippen LogP contribution < -0.4 is 0 Å². The van der Waals surface area contributed by atoms with Gasteiger partial charge in [-0.3, -0.25) is 0 Å². The molecule has 0 aliphatic heterocycles. The minimum atomic E-state index is 0.317. The van der Waals surface area contributed by atoms with Crippen LogP contribution >= 0.6 is 0 Å². The van der Waals surface area contributed by atoms with E-state index in [4.69, 9.17) is 0 Å². The Hall–Kier alpha value is -0.195. The van der Waals surface area contributed by atoms with Crippen LogP contribution in [-0.4, -0.2) is 7.85 Å². The Kier molecular flexibility index (Phi) is 2.99. The van der Waals surface area contributed by atoms with Gasteiger partial charge in [0.25, 0.3) is 0 Å². The summed E-state index contributed by atoms with van der Waals surface area (Å²) in [5.74, 6) is 0. The van der Waals surface area contributed by atoms with Crippen LogP contribution in [0.3, 0.4) is 0 Å². The van der Waals surface area contributed by atoms with Crippen molar-refractivity contribution in [1.82, 2.24) is 0 Å². The van der Waals surface area contributed by atoms with Crippen molar-refractivity contribution in [3.05, 3.63) is 11.5 Å². The zero-order chi connectivity index (χ0) is 9.28. The molecule has 0 saturated carbocycles. The molecule has 0 aromatic heterocycles. The van der Waals surface area contributed by atoms with Gasteiger partial charge in [-0.15, -0.1) is 5.47 Å². The molecular weight excluding hydrogens is 131 g/mol. The summed E-state index contributed by atoms with van der Waals surface area (Å²) < 4.78 is 0. The molecule has 0 heterocycles. The molecular formula is C10H21B. The fraction of sp³-hybridized carbons (Fsp3) is 0.800. The Bertz CT molecular complexity index is 153. The molecule has 0 rings (SSSR count). The van der Waals surface area contributed by atoms with E-state index < -0.39 is 0 Å². The zero-order valence-electron chi connectivity index (χ0n) is 9.08. The van der Waals surface area contributed by atoms with Gasteiger partial charge in [-0.2, -0.15) is 0 Å². The fourth-order valence-corrected chi connectivity index (χ4v) is 0.866. The van der Waals surface area contributed by atoms with Crippen LogP contribution in [0.2, 0.25) is 0 Å². The maximum absolute atomic E-state index is 2.35. The highest BCUT2D eigenvalue weighted by Crippen LogP contribution is 2.27. The Balaban J connectivity index is 4.49. The van der Waals surface area contributed by atoms with E-state index >= 15 is 0 Å². The molecule has 0 fully saturated rings. The van der Waals surface area contributed by atoms with Crippen LogP contribution in [0.25, 0.3) is 0 Å². The predicted molar refractivity (Wildman–Crippen MR) is 55.5 cm³/mol. The van der Waals surface area contributed by atoms with Crippen LogP contribution in [0.15, 0.2) is 11.5 Å². The van der Waals surface area contributed by atoms with Crippen LogP contribution in [0.1, 0.15) is 41.5 Å². The second-order valence-corrected chi connectivity index (χ2v) is 5.44. The van der Waals surface area contributed by atoms with Crippen molar-refractivity contribution in [3.63, 3.8) is 0 Å². The molecule has 0 spiro atoms. The molecule has 0 amide bonds. The molecule has 64 valence electrons. The summed E-state index contributed by atoms with van der Waals surface area (Å²) in [5.41, 5.74) is 2.12. The van der Waals surface area contributed by atoms with Crippen LogP contribution in [0.4, 0.5) is 0 Å². The molecule has 0 aliphatic rings. The Morgan fingerprint density at radius 1 is 1.00 bits per heavy atom. The van der Waals surface area contributed by atoms with E-state index in [0.29, 0.717) is 10.8 Å². The molecule has 0 radical (unpaired) electrons. The summed E-state index contributed by atoms with van der Waals surface area (Å²) in [5, 5.41) is 0. The largest absolute Gasteiger partial charge is 0.134 e. The van der Waals surface area contributed by atoms with Crippen molar-refractivity contribution < 1.29 is 0 Å². The number of hydrogen-bond donors (Lipinski definition) is 0. The molecule has 0 aromatic carbocycles. The number of allylic oxidation sites excluding steroid dienone is 2. The van der Waals surface area contributed by atoms with E-state index in [9.17, 15) is 0 Å². The Morgan fingerprint density at radius 2 is 1.36 bits per heavy atom. The molecule has 0 aromatic rings. The monoisotopic (exact) mass is 152 g/mol. The van der Waals surface area contributed by atoms with E-state index in [1.165, 1.54) is 5.47 Å². The van der Waals surface area contributed by atoms with Gasteiger partial charge in [-0.1, -0.05) is 47.6 Å². The molecule has 0 N–H and O–H groups in total. The maximum Gasteiger partial charge on any atom is 0.134 e. The highest BCUT2D eigenvalue weighted by Gasteiger charge is 2.15. The first-order chi connectivity index (χ1) is 4.63. The SMILES string of the molecule is B/C(=C\C(C)(C)C)C(C)(C)C. The Labute approximate surface area is 72.5 Å². The number of hydrogen-bond acceptors (Lipinski definition) is 0. The van der Waals surface area contributed by atoms with Gasteiger partial charge < -0.3 is 0 Å². The van der Waals surface area contributed by atoms with E-state index in [1.807, 2.05) is 0 Å². The van der Waals surface area contributed by atoms with Gasteiger partial charge in [0.2, 0.25) is 0 Å². The minimum Gasteiger partial charge on any atom is -0.108 e. The first-order valence-electron chi connectivity index (χ1n) is 4.33. The topological polar surface area (TPSA) is 0 Å². The van der Waals surface area contributed by atoms with Crippen molar-refractivity contribution in [2.24, 2.45) is 10.8 Å². The molecule has 0 nitrogen and oxygen atoms in total. The van der Waals surface area contributed by atoms with Gasteiger partial charge in [-0.25, -0.2) is 0 Å². The van der Waals surface area contributed by atoms with Crippen molar-refractivity contribution in [2.45, 2.75) is 41.5 Å². The standard InChI is InChI=1S/C10H21B/c1-9(2,3)7-8(11)10(4,5)6/h7H,11H2,1-6H3/b8-7-. The van der Waals surface area contributed by atoms with Gasteiger partial charge in [0.05, 0.1) is 0 Å². The second-order valence-electron chi connectivity index (χ2n) is 5.44. The highest BCUT2D eigenvalue weighted by molar-refractivity contribution is 6.22. The lowest BCUT2D eigenvalue weighted by Gasteiger charge is -2.24. The van der Waals surface area contributed by atoms with Crippen molar-refractivity contribution in [3.8, 4) is 0 Å². The van der Waals surface area contributed by atoms with Crippen LogP contribution in [0.5, 0.6) is 0 Å². The fourth-order valence-electron chi connectivity index (χ4n) is 0.866. The second kappa shape index (κ2) is 3.04. The van der Waals surface area contributed by atoms with E-state index in [2.05, 4.69) is 55.5 Å². The lowest BCUT2D eigenvalue weighted by molar-refractivity contribution is 0.492. The normalized spacial score (nSPS) is 15.3. The first kappa shape index (κ1) is 10.8. The summed E-state index contributed by atoms with van der Waals surface area (Å²) in [6.45, 7) is 13.5. The molecule has 0 aliphatic carbocycles. The van der Waals surface area contributed by atoms with Gasteiger partial charge >= 0.3 is 0 Å². The minimum absolute atomic E-state index is 0.317. The van der Waals surface area contributed by atoms with Crippen molar-refractivity contribution >= 4 is 7.85 Å². The summed E-state index contributed by atoms with van der Waals surface area (Å²) >= 11 is 0. The molecule has 0 unspecified atom stereocenters. The summed E-state index contributed by atoms with van der Waals surface area (Å²) in [7, 11) is 2.21. The van der Waals surface area contributed by atoms with Crippen molar-refractivity contribution in [2.75, 3.05) is 0 Å². The number of rotatable bonds is 0. The van der Waals surface area contributed by atoms with Gasteiger partial charge in [0, 0.05) is 0 Å². The molecule has 1 heteroatoms. The van der Waals surface area contributed by atoms with E-state index in [0.717, 1.165) is 0 Å². The molecule has 0 bridgehead atoms. The summed E-state index contributed by atoms with van der Waals surface area (Å²) in [6.07, 6.45) is 2.35. The summed E-state index contributed by atoms with van der Waals surface area (Å²) in [6, 6.07) is 0.